The zero-order valence-corrected chi connectivity index (χ0v) is 23.9. The molecule has 1 fully saturated rings. The number of hydrogen-bond acceptors (Lipinski definition) is 6. The fourth-order valence-electron chi connectivity index (χ4n) is 4.76. The van der Waals surface area contributed by atoms with E-state index in [-0.39, 0.29) is 11.7 Å². The van der Waals surface area contributed by atoms with Crippen molar-refractivity contribution in [2.45, 2.75) is 78.8 Å². The Morgan fingerprint density at radius 2 is 1.47 bits per heavy atom. The second-order valence-corrected chi connectivity index (χ2v) is 12.0. The number of ether oxygens (including phenoxy) is 2. The molecular weight excluding hydrogens is 504 g/mol. The highest BCUT2D eigenvalue weighted by atomic mass is 32.1. The van der Waals surface area contributed by atoms with E-state index < -0.39 is 35.0 Å². The molecule has 0 saturated carbocycles. The van der Waals surface area contributed by atoms with Crippen LogP contribution in [0, 0.1) is 13.8 Å². The van der Waals surface area contributed by atoms with E-state index in [9.17, 15) is 14.4 Å². The van der Waals surface area contributed by atoms with Crippen LogP contribution in [-0.4, -0.2) is 44.4 Å². The average Bonchev–Trinajstić information content (AvgIpc) is 3.18. The second-order valence-electron chi connectivity index (χ2n) is 11.6. The van der Waals surface area contributed by atoms with Crippen LogP contribution >= 0.6 is 12.2 Å². The van der Waals surface area contributed by atoms with Gasteiger partial charge in [-0.05, 0) is 79.2 Å². The zero-order valence-electron chi connectivity index (χ0n) is 23.0. The number of thiocarbonyl (C=S) groups is 1. The van der Waals surface area contributed by atoms with Crippen molar-refractivity contribution < 1.29 is 23.9 Å². The van der Waals surface area contributed by atoms with Gasteiger partial charge in [-0.2, -0.15) is 10.0 Å². The molecule has 4 rings (SSSR count). The van der Waals surface area contributed by atoms with Crippen LogP contribution in [-0.2, 0) is 26.5 Å². The lowest BCUT2D eigenvalue weighted by Gasteiger charge is -2.36. The molecule has 38 heavy (non-hydrogen) atoms. The Morgan fingerprint density at radius 3 is 2.05 bits per heavy atom. The largest absolute Gasteiger partial charge is 0.442 e. The van der Waals surface area contributed by atoms with Gasteiger partial charge in [0.05, 0.1) is 12.2 Å². The van der Waals surface area contributed by atoms with Gasteiger partial charge in [0.1, 0.15) is 11.2 Å². The molecule has 2 aliphatic rings. The number of nitrogens with zero attached hydrogens (tertiary/aromatic N) is 3. The van der Waals surface area contributed by atoms with Crippen molar-refractivity contribution in [1.82, 2.24) is 15.3 Å². The smallest absolute Gasteiger partial charge is 0.436 e. The molecule has 1 N–H and O–H groups in total. The molecule has 1 atom stereocenters. The molecule has 202 valence electrons. The third-order valence-corrected chi connectivity index (χ3v) is 6.17. The van der Waals surface area contributed by atoms with Crippen molar-refractivity contribution in [2.75, 3.05) is 4.90 Å². The summed E-state index contributed by atoms with van der Waals surface area (Å²) in [6.07, 6.45) is -1.83. The molecule has 0 aliphatic carbocycles. The summed E-state index contributed by atoms with van der Waals surface area (Å²) in [6.45, 7) is 14.5. The van der Waals surface area contributed by atoms with Gasteiger partial charge in [-0.3, -0.25) is 4.79 Å². The zero-order chi connectivity index (χ0) is 28.2. The van der Waals surface area contributed by atoms with E-state index in [1.165, 1.54) is 0 Å². The summed E-state index contributed by atoms with van der Waals surface area (Å²) < 4.78 is 11.2. The third-order valence-electron chi connectivity index (χ3n) is 5.89. The number of fused-ring (bicyclic) bond motifs is 2. The number of rotatable bonds is 2. The Balaban J connectivity index is 1.87. The number of aryl methyl sites for hydroxylation is 2. The molecule has 9 nitrogen and oxygen atoms in total. The van der Waals surface area contributed by atoms with Crippen molar-refractivity contribution in [3.05, 3.63) is 64.7 Å². The van der Waals surface area contributed by atoms with Crippen molar-refractivity contribution in [3.63, 3.8) is 0 Å². The van der Waals surface area contributed by atoms with Crippen LogP contribution in [0.25, 0.3) is 0 Å². The molecule has 0 radical (unpaired) electrons. The third kappa shape index (κ3) is 4.92. The topological polar surface area (TPSA) is 91.4 Å². The van der Waals surface area contributed by atoms with Gasteiger partial charge >= 0.3 is 12.2 Å². The summed E-state index contributed by atoms with van der Waals surface area (Å²) in [5.74, 6) is -0.475. The summed E-state index contributed by atoms with van der Waals surface area (Å²) in [7, 11) is 0. The first-order chi connectivity index (χ1) is 17.5. The number of para-hydroxylation sites is 1. The predicted molar refractivity (Wildman–Crippen MR) is 147 cm³/mol. The number of hydrazine groups is 1. The minimum Gasteiger partial charge on any atom is -0.442 e. The summed E-state index contributed by atoms with van der Waals surface area (Å²) in [5.41, 5.74) is 0.488. The molecule has 10 heteroatoms. The van der Waals surface area contributed by atoms with Crippen molar-refractivity contribution in [1.29, 1.82) is 0 Å². The van der Waals surface area contributed by atoms with Gasteiger partial charge in [0.15, 0.2) is 0 Å². The van der Waals surface area contributed by atoms with Gasteiger partial charge in [0.25, 0.3) is 5.91 Å². The van der Waals surface area contributed by atoms with E-state index in [2.05, 4.69) is 11.4 Å². The summed E-state index contributed by atoms with van der Waals surface area (Å²) >= 11 is 5.53. The van der Waals surface area contributed by atoms with E-state index in [0.29, 0.717) is 11.3 Å². The summed E-state index contributed by atoms with van der Waals surface area (Å²) in [5, 5.41) is 4.68. The molecule has 2 heterocycles. The standard InChI is InChI=1S/C28H34N4O5S/c1-17-13-18(2)15-19(14-17)16-30-21-12-10-9-11-20(21)28(22(30)33)29-23(38)31(24(34)36-26(3,4)5)32(28)25(35)37-27(6,7)8/h9-15H,16H2,1-8H3,(H,29,38). The fraction of sp³-hybridized carbons (Fsp3) is 0.429. The van der Waals surface area contributed by atoms with Crippen molar-refractivity contribution in [2.24, 2.45) is 0 Å². The first-order valence-electron chi connectivity index (χ1n) is 12.4. The van der Waals surface area contributed by atoms with E-state index in [1.54, 1.807) is 64.6 Å². The lowest BCUT2D eigenvalue weighted by Crippen LogP contribution is -2.61. The maximum atomic E-state index is 14.4. The lowest BCUT2D eigenvalue weighted by molar-refractivity contribution is -0.136. The lowest BCUT2D eigenvalue weighted by atomic mass is 10.0. The number of anilines is 1. The maximum Gasteiger partial charge on any atom is 0.436 e. The Bertz CT molecular complexity index is 1310. The molecule has 2 aliphatic heterocycles. The monoisotopic (exact) mass is 538 g/mol. The molecular formula is C28H34N4O5S. The first kappa shape index (κ1) is 27.4. The Kier molecular flexibility index (Phi) is 6.68. The quantitative estimate of drug-likeness (QED) is 0.520. The van der Waals surface area contributed by atoms with Gasteiger partial charge < -0.3 is 19.7 Å². The van der Waals surface area contributed by atoms with Crippen LogP contribution in [0.4, 0.5) is 15.3 Å². The van der Waals surface area contributed by atoms with E-state index >= 15 is 0 Å². The van der Waals surface area contributed by atoms with Gasteiger partial charge in [-0.1, -0.05) is 47.5 Å². The van der Waals surface area contributed by atoms with Crippen LogP contribution in [0.15, 0.2) is 42.5 Å². The molecule has 1 saturated heterocycles. The number of hydrogen-bond donors (Lipinski definition) is 1. The maximum absolute atomic E-state index is 14.4. The highest BCUT2D eigenvalue weighted by Gasteiger charge is 2.66. The molecule has 3 amide bonds. The number of nitrogens with one attached hydrogen (secondary N) is 1. The molecule has 2 aromatic carbocycles. The van der Waals surface area contributed by atoms with E-state index in [0.717, 1.165) is 26.7 Å². The predicted octanol–water partition coefficient (Wildman–Crippen LogP) is 5.28. The first-order valence-corrected chi connectivity index (χ1v) is 12.8. The minimum atomic E-state index is -1.84. The minimum absolute atomic E-state index is 0.151. The van der Waals surface area contributed by atoms with Crippen LogP contribution in [0.1, 0.15) is 63.8 Å². The second kappa shape index (κ2) is 9.27. The van der Waals surface area contributed by atoms with E-state index in [1.807, 2.05) is 32.0 Å². The number of amides is 3. The van der Waals surface area contributed by atoms with Crippen molar-refractivity contribution in [3.8, 4) is 0 Å². The Morgan fingerprint density at radius 1 is 0.921 bits per heavy atom. The van der Waals surface area contributed by atoms with Crippen LogP contribution in [0.2, 0.25) is 0 Å². The Hall–Kier alpha value is -3.66. The Labute approximate surface area is 228 Å². The van der Waals surface area contributed by atoms with Gasteiger partial charge in [0, 0.05) is 5.56 Å². The number of benzene rings is 2. The highest BCUT2D eigenvalue weighted by molar-refractivity contribution is 7.80. The summed E-state index contributed by atoms with van der Waals surface area (Å²) in [6, 6.07) is 13.2. The average molecular weight is 539 g/mol. The van der Waals surface area contributed by atoms with Gasteiger partial charge in [0.2, 0.25) is 10.8 Å². The molecule has 0 aromatic heterocycles. The number of carbonyl (C=O) groups is 3. The molecule has 2 aromatic rings. The molecule has 1 spiro atoms. The number of carbonyl (C=O) groups excluding carboxylic acids is 3. The summed E-state index contributed by atoms with van der Waals surface area (Å²) in [4.78, 5) is 43.1. The fourth-order valence-corrected chi connectivity index (χ4v) is 5.06. The van der Waals surface area contributed by atoms with Crippen LogP contribution in [0.5, 0.6) is 0 Å². The highest BCUT2D eigenvalue weighted by Crippen LogP contribution is 2.47. The van der Waals surface area contributed by atoms with Gasteiger partial charge in [-0.25, -0.2) is 9.59 Å². The van der Waals surface area contributed by atoms with Gasteiger partial charge in [-0.15, -0.1) is 0 Å². The van der Waals surface area contributed by atoms with Crippen LogP contribution in [0.3, 0.4) is 0 Å². The van der Waals surface area contributed by atoms with Crippen molar-refractivity contribution >= 4 is 41.1 Å². The van der Waals surface area contributed by atoms with E-state index in [4.69, 9.17) is 21.7 Å². The molecule has 1 unspecified atom stereocenters. The molecule has 0 bridgehead atoms. The normalized spacial score (nSPS) is 19.1. The van der Waals surface area contributed by atoms with Crippen LogP contribution < -0.4 is 10.2 Å². The SMILES string of the molecule is Cc1cc(C)cc(CN2C(=O)C3(NC(=S)N(C(=O)OC(C)(C)C)N3C(=O)OC(C)(C)C)c3ccccc32)c1.